The van der Waals surface area contributed by atoms with E-state index in [9.17, 15) is 9.59 Å². The molecule has 0 radical (unpaired) electrons. The quantitative estimate of drug-likeness (QED) is 0.835. The second-order valence-corrected chi connectivity index (χ2v) is 4.31. The maximum Gasteiger partial charge on any atom is 0.307 e. The molecule has 0 unspecified atom stereocenters. The van der Waals surface area contributed by atoms with Crippen molar-refractivity contribution in [3.05, 3.63) is 71.3 Å². The van der Waals surface area contributed by atoms with Crippen molar-refractivity contribution in [1.82, 2.24) is 0 Å². The Morgan fingerprint density at radius 1 is 0.842 bits per heavy atom. The summed E-state index contributed by atoms with van der Waals surface area (Å²) in [6.07, 6.45) is 0.161. The smallest absolute Gasteiger partial charge is 0.307 e. The molecule has 0 spiro atoms. The highest BCUT2D eigenvalue weighted by Crippen LogP contribution is 2.13. The van der Waals surface area contributed by atoms with E-state index in [1.165, 1.54) is 0 Å². The Balaban J connectivity index is 2.21. The minimum Gasteiger partial charge on any atom is -0.481 e. The monoisotopic (exact) mass is 254 g/mol. The molecule has 2 rings (SSSR count). The van der Waals surface area contributed by atoms with Gasteiger partial charge in [-0.05, 0) is 11.1 Å². The van der Waals surface area contributed by atoms with Gasteiger partial charge in [-0.15, -0.1) is 0 Å². The van der Waals surface area contributed by atoms with Crippen LogP contribution in [0.15, 0.2) is 54.6 Å². The lowest BCUT2D eigenvalue weighted by atomic mass is 9.97. The standard InChI is InChI=1S/C16H14O3/c17-15(10-12-6-2-1-3-7-12)14-9-5-4-8-13(14)11-16(18)19/h1-9H,10-11H2,(H,18,19). The van der Waals surface area contributed by atoms with E-state index in [0.717, 1.165) is 5.56 Å². The van der Waals surface area contributed by atoms with Crippen LogP contribution >= 0.6 is 0 Å². The summed E-state index contributed by atoms with van der Waals surface area (Å²) >= 11 is 0. The Labute approximate surface area is 111 Å². The van der Waals surface area contributed by atoms with Crippen LogP contribution in [0.25, 0.3) is 0 Å². The lowest BCUT2D eigenvalue weighted by Crippen LogP contribution is -2.10. The number of carboxylic acids is 1. The summed E-state index contributed by atoms with van der Waals surface area (Å²) in [5.41, 5.74) is 1.99. The third-order valence-corrected chi connectivity index (χ3v) is 2.87. The predicted octanol–water partition coefficient (Wildman–Crippen LogP) is 2.74. The molecule has 0 atom stereocenters. The van der Waals surface area contributed by atoms with Gasteiger partial charge in [-0.3, -0.25) is 9.59 Å². The van der Waals surface area contributed by atoms with Crippen LogP contribution in [-0.2, 0) is 17.6 Å². The highest BCUT2D eigenvalue weighted by atomic mass is 16.4. The van der Waals surface area contributed by atoms with E-state index >= 15 is 0 Å². The zero-order valence-electron chi connectivity index (χ0n) is 10.4. The van der Waals surface area contributed by atoms with Crippen molar-refractivity contribution in [2.24, 2.45) is 0 Å². The van der Waals surface area contributed by atoms with Gasteiger partial charge in [0.05, 0.1) is 6.42 Å². The minimum atomic E-state index is -0.931. The van der Waals surface area contributed by atoms with Gasteiger partial charge in [-0.1, -0.05) is 54.6 Å². The van der Waals surface area contributed by atoms with Crippen molar-refractivity contribution in [2.75, 3.05) is 0 Å². The number of carboxylic acid groups (broad SMARTS) is 1. The molecule has 0 saturated heterocycles. The van der Waals surface area contributed by atoms with Crippen LogP contribution in [0.4, 0.5) is 0 Å². The third kappa shape index (κ3) is 3.52. The summed E-state index contributed by atoms with van der Waals surface area (Å²) < 4.78 is 0. The van der Waals surface area contributed by atoms with Gasteiger partial charge in [0.2, 0.25) is 0 Å². The molecule has 0 aromatic heterocycles. The molecule has 0 aliphatic rings. The summed E-state index contributed by atoms with van der Waals surface area (Å²) in [7, 11) is 0. The van der Waals surface area contributed by atoms with E-state index in [2.05, 4.69) is 0 Å². The van der Waals surface area contributed by atoms with Crippen LogP contribution < -0.4 is 0 Å². The molecule has 19 heavy (non-hydrogen) atoms. The predicted molar refractivity (Wildman–Crippen MR) is 72.3 cm³/mol. The molecule has 0 aliphatic carbocycles. The summed E-state index contributed by atoms with van der Waals surface area (Å²) in [4.78, 5) is 23.0. The molecule has 2 aromatic rings. The molecule has 0 fully saturated rings. The number of Topliss-reactive ketones (excluding diaryl/α,β-unsaturated/α-hetero) is 1. The van der Waals surface area contributed by atoms with E-state index < -0.39 is 5.97 Å². The van der Waals surface area contributed by atoms with Crippen LogP contribution in [0.3, 0.4) is 0 Å². The first-order valence-electron chi connectivity index (χ1n) is 6.03. The SMILES string of the molecule is O=C(O)Cc1ccccc1C(=O)Cc1ccccc1. The first-order valence-corrected chi connectivity index (χ1v) is 6.03. The molecule has 0 heterocycles. The molecule has 1 N–H and O–H groups in total. The normalized spacial score (nSPS) is 10.1. The Morgan fingerprint density at radius 2 is 1.47 bits per heavy atom. The number of hydrogen-bond donors (Lipinski definition) is 1. The summed E-state index contributed by atoms with van der Waals surface area (Å²) in [6, 6.07) is 16.3. The van der Waals surface area contributed by atoms with Crippen molar-refractivity contribution in [1.29, 1.82) is 0 Å². The van der Waals surface area contributed by atoms with Crippen LogP contribution in [0.5, 0.6) is 0 Å². The number of carbonyl (C=O) groups excluding carboxylic acids is 1. The molecular formula is C16H14O3. The topological polar surface area (TPSA) is 54.4 Å². The zero-order valence-corrected chi connectivity index (χ0v) is 10.4. The number of aliphatic carboxylic acids is 1. The Kier molecular flexibility index (Phi) is 4.08. The second kappa shape index (κ2) is 5.96. The van der Waals surface area contributed by atoms with Crippen molar-refractivity contribution < 1.29 is 14.7 Å². The third-order valence-electron chi connectivity index (χ3n) is 2.87. The van der Waals surface area contributed by atoms with Gasteiger partial charge >= 0.3 is 5.97 Å². The molecular weight excluding hydrogens is 240 g/mol. The van der Waals surface area contributed by atoms with Gasteiger partial charge in [0.1, 0.15) is 0 Å². The van der Waals surface area contributed by atoms with Crippen LogP contribution in [0.1, 0.15) is 21.5 Å². The zero-order chi connectivity index (χ0) is 13.7. The minimum absolute atomic E-state index is 0.0527. The number of hydrogen-bond acceptors (Lipinski definition) is 2. The number of rotatable bonds is 5. The van der Waals surface area contributed by atoms with Gasteiger partial charge in [0, 0.05) is 12.0 Å². The van der Waals surface area contributed by atoms with Crippen molar-refractivity contribution in [2.45, 2.75) is 12.8 Å². The fourth-order valence-corrected chi connectivity index (χ4v) is 1.99. The van der Waals surface area contributed by atoms with Crippen molar-refractivity contribution >= 4 is 11.8 Å². The molecule has 0 aliphatic heterocycles. The molecule has 0 amide bonds. The van der Waals surface area contributed by atoms with Gasteiger partial charge < -0.3 is 5.11 Å². The Bertz CT molecular complexity index is 588. The lowest BCUT2D eigenvalue weighted by Gasteiger charge is -2.06. The molecule has 2 aromatic carbocycles. The second-order valence-electron chi connectivity index (χ2n) is 4.31. The number of carbonyl (C=O) groups is 2. The summed E-state index contributed by atoms with van der Waals surface area (Å²) in [6.45, 7) is 0. The van der Waals surface area contributed by atoms with Crippen LogP contribution in [0, 0.1) is 0 Å². The summed E-state index contributed by atoms with van der Waals surface area (Å²) in [5, 5.41) is 8.85. The Morgan fingerprint density at radius 3 is 2.16 bits per heavy atom. The molecule has 0 saturated carbocycles. The Hall–Kier alpha value is -2.42. The largest absolute Gasteiger partial charge is 0.481 e. The maximum absolute atomic E-state index is 12.2. The van der Waals surface area contributed by atoms with Crippen molar-refractivity contribution in [3.63, 3.8) is 0 Å². The highest BCUT2D eigenvalue weighted by Gasteiger charge is 2.13. The van der Waals surface area contributed by atoms with E-state index in [1.54, 1.807) is 24.3 Å². The molecule has 0 bridgehead atoms. The fraction of sp³-hybridized carbons (Fsp3) is 0.125. The summed E-state index contributed by atoms with van der Waals surface area (Å²) in [5.74, 6) is -0.983. The molecule has 96 valence electrons. The highest BCUT2D eigenvalue weighted by molar-refractivity contribution is 5.99. The van der Waals surface area contributed by atoms with Gasteiger partial charge in [0.25, 0.3) is 0 Å². The average molecular weight is 254 g/mol. The van der Waals surface area contributed by atoms with E-state index in [1.807, 2.05) is 30.3 Å². The van der Waals surface area contributed by atoms with E-state index in [-0.39, 0.29) is 18.6 Å². The van der Waals surface area contributed by atoms with Crippen LogP contribution in [0.2, 0.25) is 0 Å². The average Bonchev–Trinajstić information content (AvgIpc) is 2.39. The molecule has 3 heteroatoms. The van der Waals surface area contributed by atoms with E-state index in [4.69, 9.17) is 5.11 Å². The molecule has 3 nitrogen and oxygen atoms in total. The number of benzene rings is 2. The lowest BCUT2D eigenvalue weighted by molar-refractivity contribution is -0.136. The van der Waals surface area contributed by atoms with E-state index in [0.29, 0.717) is 11.1 Å². The maximum atomic E-state index is 12.2. The fourth-order valence-electron chi connectivity index (χ4n) is 1.99. The van der Waals surface area contributed by atoms with Gasteiger partial charge in [0.15, 0.2) is 5.78 Å². The van der Waals surface area contributed by atoms with Crippen molar-refractivity contribution in [3.8, 4) is 0 Å². The van der Waals surface area contributed by atoms with Crippen LogP contribution in [-0.4, -0.2) is 16.9 Å². The first-order chi connectivity index (χ1) is 9.16. The van der Waals surface area contributed by atoms with Gasteiger partial charge in [-0.2, -0.15) is 0 Å². The van der Waals surface area contributed by atoms with Gasteiger partial charge in [-0.25, -0.2) is 0 Å². The first kappa shape index (κ1) is 13.0. The number of ketones is 1.